The molecule has 1 fully saturated rings. The fourth-order valence-electron chi connectivity index (χ4n) is 2.22. The zero-order chi connectivity index (χ0) is 8.65. The van der Waals surface area contributed by atoms with Crippen LogP contribution >= 0.6 is 0 Å². The summed E-state index contributed by atoms with van der Waals surface area (Å²) in [6.45, 7) is 6.09. The number of piperidine rings is 1. The van der Waals surface area contributed by atoms with E-state index in [1.54, 1.807) is 0 Å². The van der Waals surface area contributed by atoms with Crippen LogP contribution in [0.5, 0.6) is 0 Å². The monoisotopic (exact) mass is 283 g/mol. The molecule has 0 aliphatic carbocycles. The molecule has 0 amide bonds. The highest BCUT2D eigenvalue weighted by Crippen LogP contribution is 2.20. The first-order valence-electron chi connectivity index (χ1n) is 4.28. The summed E-state index contributed by atoms with van der Waals surface area (Å²) in [5.41, 5.74) is 0. The van der Waals surface area contributed by atoms with Gasteiger partial charge in [-0.25, -0.2) is 0 Å². The highest BCUT2D eigenvalue weighted by Gasteiger charge is 2.35. The van der Waals surface area contributed by atoms with Gasteiger partial charge in [0.1, 0.15) is 5.78 Å². The Balaban J connectivity index is 0.00000121. The number of carbonyl (C=O) groups is 1. The minimum absolute atomic E-state index is 0. The van der Waals surface area contributed by atoms with Crippen LogP contribution in [0.3, 0.4) is 0 Å². The van der Waals surface area contributed by atoms with E-state index in [2.05, 4.69) is 14.1 Å². The molecule has 0 aromatic rings. The first kappa shape index (κ1) is 12.4. The Morgan fingerprint density at radius 1 is 1.17 bits per heavy atom. The number of rotatable bonds is 0. The molecule has 1 saturated heterocycles. The van der Waals surface area contributed by atoms with Crippen LogP contribution in [-0.4, -0.2) is 37.5 Å². The van der Waals surface area contributed by atoms with Gasteiger partial charge in [0.25, 0.3) is 0 Å². The van der Waals surface area contributed by atoms with Crippen LogP contribution in [0.25, 0.3) is 0 Å². The van der Waals surface area contributed by atoms with E-state index in [1.807, 2.05) is 13.8 Å². The van der Waals surface area contributed by atoms with Gasteiger partial charge in [-0.1, -0.05) is 13.8 Å². The molecular formula is C9H18INO. The third kappa shape index (κ3) is 2.69. The normalized spacial score (nSPS) is 34.2. The van der Waals surface area contributed by atoms with Gasteiger partial charge in [-0.05, 0) is 0 Å². The predicted octanol–water partition coefficient (Wildman–Crippen LogP) is -2.08. The largest absolute Gasteiger partial charge is 1.00 e. The number of halogens is 1. The SMILES string of the molecule is CC1C[N+](C)(C)CC(C)C1=O.[I-]. The van der Waals surface area contributed by atoms with Gasteiger partial charge in [-0.3, -0.25) is 4.79 Å². The number of likely N-dealkylation sites (tertiary alicyclic amines) is 1. The Kier molecular flexibility index (Phi) is 4.17. The molecule has 0 N–H and O–H groups in total. The molecule has 1 rings (SSSR count). The van der Waals surface area contributed by atoms with Crippen LogP contribution in [-0.2, 0) is 4.79 Å². The summed E-state index contributed by atoms with van der Waals surface area (Å²) in [6, 6.07) is 0. The van der Waals surface area contributed by atoms with Crippen molar-refractivity contribution in [3.63, 3.8) is 0 Å². The molecule has 0 aromatic carbocycles. The Labute approximate surface area is 91.9 Å². The predicted molar refractivity (Wildman–Crippen MR) is 45.2 cm³/mol. The van der Waals surface area contributed by atoms with Crippen molar-refractivity contribution >= 4 is 5.78 Å². The van der Waals surface area contributed by atoms with Crippen LogP contribution in [0.15, 0.2) is 0 Å². The van der Waals surface area contributed by atoms with Crippen LogP contribution < -0.4 is 24.0 Å². The second-order valence-electron chi connectivity index (χ2n) is 4.51. The summed E-state index contributed by atoms with van der Waals surface area (Å²) < 4.78 is 0.994. The summed E-state index contributed by atoms with van der Waals surface area (Å²) in [5, 5.41) is 0. The maximum absolute atomic E-state index is 11.4. The molecule has 0 spiro atoms. The Bertz CT molecular complexity index is 163. The molecule has 2 unspecified atom stereocenters. The first-order chi connectivity index (χ1) is 4.92. The third-order valence-electron chi connectivity index (χ3n) is 2.51. The van der Waals surface area contributed by atoms with E-state index in [0.29, 0.717) is 5.78 Å². The van der Waals surface area contributed by atoms with Crippen molar-refractivity contribution < 1.29 is 33.3 Å². The fraction of sp³-hybridized carbons (Fsp3) is 0.889. The summed E-state index contributed by atoms with van der Waals surface area (Å²) in [4.78, 5) is 11.4. The molecule has 1 aliphatic heterocycles. The standard InChI is InChI=1S/C9H18NO.HI/c1-7-5-10(3,4)6-8(2)9(7)11;/h7-8H,5-6H2,1-4H3;1H/q+1;/p-1. The fourth-order valence-corrected chi connectivity index (χ4v) is 2.22. The molecule has 12 heavy (non-hydrogen) atoms. The minimum Gasteiger partial charge on any atom is -1.00 e. The van der Waals surface area contributed by atoms with E-state index in [-0.39, 0.29) is 35.8 Å². The van der Waals surface area contributed by atoms with E-state index >= 15 is 0 Å². The van der Waals surface area contributed by atoms with Crippen LogP contribution in [0.4, 0.5) is 0 Å². The van der Waals surface area contributed by atoms with Crippen LogP contribution in [0, 0.1) is 11.8 Å². The average Bonchev–Trinajstić information content (AvgIpc) is 1.81. The van der Waals surface area contributed by atoms with Crippen molar-refractivity contribution in [2.45, 2.75) is 13.8 Å². The number of ketones is 1. The van der Waals surface area contributed by atoms with E-state index in [4.69, 9.17) is 0 Å². The van der Waals surface area contributed by atoms with E-state index in [0.717, 1.165) is 17.6 Å². The van der Waals surface area contributed by atoms with Crippen LogP contribution in [0.1, 0.15) is 13.8 Å². The van der Waals surface area contributed by atoms with E-state index in [1.165, 1.54) is 0 Å². The first-order valence-corrected chi connectivity index (χ1v) is 4.28. The maximum Gasteiger partial charge on any atom is 0.149 e. The number of quaternary nitrogens is 1. The Morgan fingerprint density at radius 2 is 1.50 bits per heavy atom. The molecule has 0 aromatic heterocycles. The lowest BCUT2D eigenvalue weighted by atomic mass is 9.89. The average molecular weight is 283 g/mol. The molecule has 0 saturated carbocycles. The quantitative estimate of drug-likeness (QED) is 0.368. The van der Waals surface area contributed by atoms with Crippen molar-refractivity contribution in [3.05, 3.63) is 0 Å². The second-order valence-corrected chi connectivity index (χ2v) is 4.51. The second kappa shape index (κ2) is 4.05. The molecule has 2 atom stereocenters. The summed E-state index contributed by atoms with van der Waals surface area (Å²) in [6.07, 6.45) is 0. The molecule has 3 heteroatoms. The molecular weight excluding hydrogens is 265 g/mol. The number of nitrogens with zero attached hydrogens (tertiary/aromatic N) is 1. The lowest BCUT2D eigenvalue weighted by Gasteiger charge is -2.39. The Morgan fingerprint density at radius 3 is 1.83 bits per heavy atom. The molecule has 0 radical (unpaired) electrons. The highest BCUT2D eigenvalue weighted by molar-refractivity contribution is 5.83. The number of Topliss-reactive ketones (excluding diaryl/α,β-unsaturated/α-hetero) is 1. The Hall–Kier alpha value is 0.360. The smallest absolute Gasteiger partial charge is 0.149 e. The molecule has 1 heterocycles. The summed E-state index contributed by atoms with van der Waals surface area (Å²) in [7, 11) is 4.39. The lowest BCUT2D eigenvalue weighted by molar-refractivity contribution is -0.897. The van der Waals surface area contributed by atoms with Gasteiger partial charge in [-0.2, -0.15) is 0 Å². The zero-order valence-corrected chi connectivity index (χ0v) is 10.5. The molecule has 1 aliphatic rings. The number of hydrogen-bond acceptors (Lipinski definition) is 1. The van der Waals surface area contributed by atoms with Gasteiger partial charge in [0.15, 0.2) is 0 Å². The van der Waals surface area contributed by atoms with Gasteiger partial charge in [-0.15, -0.1) is 0 Å². The van der Waals surface area contributed by atoms with Gasteiger partial charge >= 0.3 is 0 Å². The van der Waals surface area contributed by atoms with E-state index < -0.39 is 0 Å². The summed E-state index contributed by atoms with van der Waals surface area (Å²) in [5.74, 6) is 0.963. The minimum atomic E-state index is 0. The van der Waals surface area contributed by atoms with Crippen molar-refractivity contribution in [1.29, 1.82) is 0 Å². The van der Waals surface area contributed by atoms with Crippen molar-refractivity contribution in [1.82, 2.24) is 0 Å². The topological polar surface area (TPSA) is 17.1 Å². The van der Waals surface area contributed by atoms with Crippen molar-refractivity contribution in [2.24, 2.45) is 11.8 Å². The maximum atomic E-state index is 11.4. The molecule has 0 bridgehead atoms. The molecule has 72 valence electrons. The lowest BCUT2D eigenvalue weighted by Crippen LogP contribution is -3.00. The molecule has 2 nitrogen and oxygen atoms in total. The van der Waals surface area contributed by atoms with Gasteiger partial charge in [0.05, 0.1) is 39.0 Å². The number of hydrogen-bond donors (Lipinski definition) is 0. The van der Waals surface area contributed by atoms with Gasteiger partial charge < -0.3 is 28.5 Å². The van der Waals surface area contributed by atoms with Gasteiger partial charge in [0.2, 0.25) is 0 Å². The van der Waals surface area contributed by atoms with Crippen LogP contribution in [0.2, 0.25) is 0 Å². The highest BCUT2D eigenvalue weighted by atomic mass is 127. The zero-order valence-electron chi connectivity index (χ0n) is 8.30. The summed E-state index contributed by atoms with van der Waals surface area (Å²) >= 11 is 0. The number of carbonyl (C=O) groups excluding carboxylic acids is 1. The third-order valence-corrected chi connectivity index (χ3v) is 2.51. The van der Waals surface area contributed by atoms with Crippen molar-refractivity contribution in [2.75, 3.05) is 27.2 Å². The van der Waals surface area contributed by atoms with Crippen molar-refractivity contribution in [3.8, 4) is 0 Å². The van der Waals surface area contributed by atoms with E-state index in [9.17, 15) is 4.79 Å². The van der Waals surface area contributed by atoms with Gasteiger partial charge in [0, 0.05) is 0 Å².